The molecule has 0 saturated heterocycles. The summed E-state index contributed by atoms with van der Waals surface area (Å²) in [5.74, 6) is 0.558. The number of aromatic nitrogens is 1. The predicted octanol–water partition coefficient (Wildman–Crippen LogP) is 4.38. The van der Waals surface area contributed by atoms with Gasteiger partial charge in [-0.05, 0) is 60.9 Å². The highest BCUT2D eigenvalue weighted by Gasteiger charge is 2.24. The Balaban J connectivity index is 1.79. The normalized spacial score (nSPS) is 13.6. The molecule has 1 aromatic carbocycles. The average Bonchev–Trinajstić information content (AvgIpc) is 2.67. The van der Waals surface area contributed by atoms with E-state index in [0.29, 0.717) is 29.3 Å². The van der Waals surface area contributed by atoms with Gasteiger partial charge in [-0.2, -0.15) is 0 Å². The Bertz CT molecular complexity index is 851. The Hall–Kier alpha value is -2.34. The summed E-state index contributed by atoms with van der Waals surface area (Å²) in [4.78, 5) is 31.1. The van der Waals surface area contributed by atoms with Gasteiger partial charge in [-0.15, -0.1) is 11.8 Å². The van der Waals surface area contributed by atoms with Gasteiger partial charge in [-0.3, -0.25) is 9.59 Å². The van der Waals surface area contributed by atoms with Crippen LogP contribution in [0.25, 0.3) is 0 Å². The maximum Gasteiger partial charge on any atom is 0.258 e. The summed E-state index contributed by atoms with van der Waals surface area (Å²) in [5, 5.41) is 3.67. The molecule has 0 aliphatic carbocycles. The van der Waals surface area contributed by atoms with Crippen LogP contribution < -0.4 is 10.2 Å². The van der Waals surface area contributed by atoms with Crippen molar-refractivity contribution in [3.63, 3.8) is 0 Å². The largest absolute Gasteiger partial charge is 0.322 e. The van der Waals surface area contributed by atoms with E-state index in [1.807, 2.05) is 29.4 Å². The fraction of sp³-hybridized carbons (Fsp3) is 0.381. The monoisotopic (exact) mass is 383 g/mol. The number of carbonyl (C=O) groups is 2. The van der Waals surface area contributed by atoms with Crippen LogP contribution in [0.15, 0.2) is 41.6 Å². The van der Waals surface area contributed by atoms with Crippen LogP contribution in [0.3, 0.4) is 0 Å². The molecule has 1 aromatic heterocycles. The van der Waals surface area contributed by atoms with E-state index >= 15 is 0 Å². The van der Waals surface area contributed by atoms with E-state index in [9.17, 15) is 9.59 Å². The number of hydrogen-bond acceptors (Lipinski definition) is 4. The van der Waals surface area contributed by atoms with Crippen molar-refractivity contribution in [1.29, 1.82) is 0 Å². The molecule has 0 bridgehead atoms. The number of anilines is 2. The summed E-state index contributed by atoms with van der Waals surface area (Å²) in [6.45, 7) is 5.06. The highest BCUT2D eigenvalue weighted by Crippen LogP contribution is 2.31. The van der Waals surface area contributed by atoms with E-state index in [4.69, 9.17) is 0 Å². The Morgan fingerprint density at radius 3 is 2.85 bits per heavy atom. The third-order valence-electron chi connectivity index (χ3n) is 4.68. The summed E-state index contributed by atoms with van der Waals surface area (Å²) in [7, 11) is 0. The first-order valence-corrected chi connectivity index (χ1v) is 10.5. The van der Waals surface area contributed by atoms with Gasteiger partial charge in [0.05, 0.1) is 5.56 Å². The molecule has 0 atom stereocenters. The van der Waals surface area contributed by atoms with Crippen molar-refractivity contribution in [2.24, 2.45) is 5.92 Å². The Kier molecular flexibility index (Phi) is 6.16. The minimum atomic E-state index is -0.170. The van der Waals surface area contributed by atoms with Crippen molar-refractivity contribution < 1.29 is 9.59 Å². The number of nitrogens with one attached hydrogen (secondary N) is 1. The minimum Gasteiger partial charge on any atom is -0.322 e. The van der Waals surface area contributed by atoms with Crippen molar-refractivity contribution >= 4 is 35.0 Å². The number of rotatable bonds is 6. The zero-order chi connectivity index (χ0) is 19.4. The number of hydrogen-bond donors (Lipinski definition) is 1. The van der Waals surface area contributed by atoms with Crippen molar-refractivity contribution in [1.82, 2.24) is 4.98 Å². The molecular weight excluding hydrogens is 358 g/mol. The summed E-state index contributed by atoms with van der Waals surface area (Å²) in [6.07, 6.45) is 5.79. The molecule has 0 fully saturated rings. The third kappa shape index (κ3) is 4.50. The smallest absolute Gasteiger partial charge is 0.258 e. The maximum absolute atomic E-state index is 12.6. The average molecular weight is 384 g/mol. The van der Waals surface area contributed by atoms with Crippen molar-refractivity contribution in [3.8, 4) is 0 Å². The lowest BCUT2D eigenvalue weighted by Crippen LogP contribution is -2.36. The fourth-order valence-electron chi connectivity index (χ4n) is 3.19. The molecule has 142 valence electrons. The summed E-state index contributed by atoms with van der Waals surface area (Å²) < 4.78 is 0. The van der Waals surface area contributed by atoms with Crippen LogP contribution in [0.4, 0.5) is 11.4 Å². The van der Waals surface area contributed by atoms with Crippen LogP contribution in [0, 0.1) is 5.92 Å². The zero-order valence-electron chi connectivity index (χ0n) is 16.0. The number of benzene rings is 1. The van der Waals surface area contributed by atoms with Gasteiger partial charge in [-0.1, -0.05) is 13.8 Å². The minimum absolute atomic E-state index is 0.170. The highest BCUT2D eigenvalue weighted by atomic mass is 32.2. The van der Waals surface area contributed by atoms with Crippen LogP contribution in [-0.4, -0.2) is 29.6 Å². The van der Waals surface area contributed by atoms with Gasteiger partial charge in [0.25, 0.3) is 5.91 Å². The quantitative estimate of drug-likeness (QED) is 0.752. The summed E-state index contributed by atoms with van der Waals surface area (Å²) in [6, 6.07) is 9.34. The molecule has 0 unspecified atom stereocenters. The lowest BCUT2D eigenvalue weighted by atomic mass is 9.99. The molecule has 2 heterocycles. The molecule has 2 amide bonds. The number of amides is 2. The molecule has 3 rings (SSSR count). The Morgan fingerprint density at radius 1 is 1.30 bits per heavy atom. The SMILES string of the molecule is CSc1ncccc1C(=O)Nc1ccc2c(c1)CCC(=O)N2CCC(C)C. The third-order valence-corrected chi connectivity index (χ3v) is 5.39. The lowest BCUT2D eigenvalue weighted by molar-refractivity contribution is -0.118. The maximum atomic E-state index is 12.6. The number of nitrogens with zero attached hydrogens (tertiary/aromatic N) is 2. The van der Waals surface area contributed by atoms with E-state index < -0.39 is 0 Å². The molecule has 27 heavy (non-hydrogen) atoms. The number of aryl methyl sites for hydroxylation is 1. The van der Waals surface area contributed by atoms with Crippen LogP contribution in [0.5, 0.6) is 0 Å². The predicted molar refractivity (Wildman–Crippen MR) is 111 cm³/mol. The molecular formula is C21H25N3O2S. The van der Waals surface area contributed by atoms with Gasteiger partial charge in [-0.25, -0.2) is 4.98 Å². The van der Waals surface area contributed by atoms with Crippen molar-refractivity contribution in [3.05, 3.63) is 47.7 Å². The second kappa shape index (κ2) is 8.57. The number of fused-ring (bicyclic) bond motifs is 1. The molecule has 2 aromatic rings. The number of pyridine rings is 1. The molecule has 0 saturated carbocycles. The van der Waals surface area contributed by atoms with Gasteiger partial charge in [0.2, 0.25) is 5.91 Å². The lowest BCUT2D eigenvalue weighted by Gasteiger charge is -2.30. The first-order valence-electron chi connectivity index (χ1n) is 9.23. The summed E-state index contributed by atoms with van der Waals surface area (Å²) >= 11 is 1.45. The first-order chi connectivity index (χ1) is 13.0. The summed E-state index contributed by atoms with van der Waals surface area (Å²) in [5.41, 5.74) is 3.38. The van der Waals surface area contributed by atoms with Crippen molar-refractivity contribution in [2.75, 3.05) is 23.0 Å². The topological polar surface area (TPSA) is 62.3 Å². The van der Waals surface area contributed by atoms with Crippen LogP contribution in [0.1, 0.15) is 42.6 Å². The van der Waals surface area contributed by atoms with Gasteiger partial charge >= 0.3 is 0 Å². The molecule has 1 aliphatic heterocycles. The highest BCUT2D eigenvalue weighted by molar-refractivity contribution is 7.98. The number of thioether (sulfide) groups is 1. The van der Waals surface area contributed by atoms with Gasteiger partial charge in [0, 0.05) is 30.5 Å². The second-order valence-corrected chi connectivity index (χ2v) is 7.88. The molecule has 5 nitrogen and oxygen atoms in total. The van der Waals surface area contributed by atoms with Gasteiger partial charge in [0.1, 0.15) is 5.03 Å². The fourth-order valence-corrected chi connectivity index (χ4v) is 3.74. The number of carbonyl (C=O) groups excluding carboxylic acids is 2. The molecule has 0 radical (unpaired) electrons. The van der Waals surface area contributed by atoms with Crippen molar-refractivity contribution in [2.45, 2.75) is 38.1 Å². The van der Waals surface area contributed by atoms with Gasteiger partial charge in [0.15, 0.2) is 0 Å². The van der Waals surface area contributed by atoms with E-state index in [1.54, 1.807) is 18.3 Å². The van der Waals surface area contributed by atoms with Crippen LogP contribution >= 0.6 is 11.8 Å². The Labute approximate surface area is 164 Å². The van der Waals surface area contributed by atoms with Crippen LogP contribution in [-0.2, 0) is 11.2 Å². The van der Waals surface area contributed by atoms with E-state index in [1.165, 1.54) is 11.8 Å². The zero-order valence-corrected chi connectivity index (χ0v) is 16.8. The van der Waals surface area contributed by atoms with E-state index in [2.05, 4.69) is 24.1 Å². The molecule has 1 aliphatic rings. The Morgan fingerprint density at radius 2 is 2.11 bits per heavy atom. The van der Waals surface area contributed by atoms with Crippen LogP contribution in [0.2, 0.25) is 0 Å². The van der Waals surface area contributed by atoms with Gasteiger partial charge < -0.3 is 10.2 Å². The molecule has 0 spiro atoms. The molecule has 6 heteroatoms. The van der Waals surface area contributed by atoms with E-state index in [0.717, 1.165) is 29.9 Å². The van der Waals surface area contributed by atoms with E-state index in [-0.39, 0.29) is 11.8 Å². The second-order valence-electron chi connectivity index (χ2n) is 7.09. The standard InChI is InChI=1S/C21H25N3O2S/c1-14(2)10-12-24-18-8-7-16(13-15(18)6-9-19(24)25)23-20(26)17-5-4-11-22-21(17)27-3/h4-5,7-8,11,13-14H,6,9-10,12H2,1-3H3,(H,23,26). The first kappa shape index (κ1) is 19.4. The molecule has 1 N–H and O–H groups in total.